The zero-order chi connectivity index (χ0) is 7.28. The quantitative estimate of drug-likeness (QED) is 0.485. The molecule has 0 amide bonds. The van der Waals surface area contributed by atoms with E-state index in [0.717, 1.165) is 0 Å². The molecule has 2 N–H and O–H groups in total. The van der Waals surface area contributed by atoms with Gasteiger partial charge in [0, 0.05) is 0 Å². The van der Waals surface area contributed by atoms with E-state index in [1.165, 1.54) is 0 Å². The molecule has 0 aliphatic carbocycles. The summed E-state index contributed by atoms with van der Waals surface area (Å²) in [6.45, 7) is -3.12. The van der Waals surface area contributed by atoms with Crippen LogP contribution in [0.2, 0.25) is 0 Å². The van der Waals surface area contributed by atoms with Crippen molar-refractivity contribution in [3.63, 3.8) is 0 Å². The van der Waals surface area contributed by atoms with Gasteiger partial charge < -0.3 is 14.9 Å². The molecule has 7 heavy (non-hydrogen) atoms. The third-order valence-corrected chi connectivity index (χ3v) is 0.342. The van der Waals surface area contributed by atoms with Crippen LogP contribution in [-0.2, 0) is 4.74 Å². The van der Waals surface area contributed by atoms with Crippen molar-refractivity contribution in [3.8, 4) is 0 Å². The van der Waals surface area contributed by atoms with Gasteiger partial charge in [0.25, 0.3) is 0 Å². The Hall–Kier alpha value is -0.120. The largest absolute Gasteiger partial charge is 0.394 e. The molecule has 2 unspecified atom stereocenters. The summed E-state index contributed by atoms with van der Waals surface area (Å²) in [5.74, 6) is 0. The molecule has 3 heteroatoms. The molecule has 0 heterocycles. The Labute approximate surface area is 45.3 Å². The second-order valence-corrected chi connectivity index (χ2v) is 0.835. The van der Waals surface area contributed by atoms with Gasteiger partial charge in [-0.25, -0.2) is 0 Å². The Balaban J connectivity index is 3.22. The van der Waals surface area contributed by atoms with Crippen LogP contribution in [0.4, 0.5) is 0 Å². The fourth-order valence-electron chi connectivity index (χ4n) is 0.154. The highest BCUT2D eigenvalue weighted by molar-refractivity contribution is 4.24. The molecule has 0 spiro atoms. The average Bonchev–Trinajstić information content (AvgIpc) is 1.87. The van der Waals surface area contributed by atoms with E-state index in [4.69, 9.17) is 13.0 Å². The fraction of sp³-hybridized carbons (Fsp3) is 1.00. The number of aliphatic hydroxyl groups excluding tert-OH is 2. The fourth-order valence-corrected chi connectivity index (χ4v) is 0.154. The van der Waals surface area contributed by atoms with Gasteiger partial charge in [-0.1, -0.05) is 0 Å². The standard InChI is InChI=1S/C4H10O3/c5-1-3-7-4-2-6/h5-6H,1-4H2/i3D,4D. The molecule has 44 valence electrons. The van der Waals surface area contributed by atoms with Gasteiger partial charge in [0.1, 0.15) is 0 Å². The van der Waals surface area contributed by atoms with Gasteiger partial charge in [-0.3, -0.25) is 0 Å². The molecule has 0 fully saturated rings. The number of rotatable bonds is 4. The van der Waals surface area contributed by atoms with Crippen molar-refractivity contribution in [2.45, 2.75) is 0 Å². The Morgan fingerprint density at radius 1 is 1.29 bits per heavy atom. The van der Waals surface area contributed by atoms with E-state index >= 15 is 0 Å². The number of ether oxygens (including phenoxy) is 1. The Morgan fingerprint density at radius 3 is 2.00 bits per heavy atom. The van der Waals surface area contributed by atoms with Crippen LogP contribution >= 0.6 is 0 Å². The minimum absolute atomic E-state index is 0.449. The van der Waals surface area contributed by atoms with Crippen LogP contribution in [0.5, 0.6) is 0 Å². The van der Waals surface area contributed by atoms with Crippen LogP contribution in [0.25, 0.3) is 0 Å². The summed E-state index contributed by atoms with van der Waals surface area (Å²) in [6, 6.07) is 0. The highest BCUT2D eigenvalue weighted by Crippen LogP contribution is 1.68. The number of hydrogen-bond donors (Lipinski definition) is 2. The van der Waals surface area contributed by atoms with Crippen molar-refractivity contribution in [2.75, 3.05) is 26.4 Å². The maximum Gasteiger partial charge on any atom is 0.0698 e. The van der Waals surface area contributed by atoms with Crippen LogP contribution in [0.1, 0.15) is 2.74 Å². The summed E-state index contributed by atoms with van der Waals surface area (Å²) in [7, 11) is 0. The van der Waals surface area contributed by atoms with Gasteiger partial charge in [-0.05, 0) is 0 Å². The molecule has 0 saturated carbocycles. The maximum absolute atomic E-state index is 8.20. The number of aliphatic hydroxyl groups is 2. The topological polar surface area (TPSA) is 49.7 Å². The van der Waals surface area contributed by atoms with Gasteiger partial charge in [0.2, 0.25) is 0 Å². The average molecular weight is 108 g/mol. The maximum atomic E-state index is 8.20. The Kier molecular flexibility index (Phi) is 3.22. The van der Waals surface area contributed by atoms with Crippen molar-refractivity contribution in [3.05, 3.63) is 0 Å². The molecule has 2 atom stereocenters. The molecule has 0 aromatic carbocycles. The summed E-state index contributed by atoms with van der Waals surface area (Å²) >= 11 is 0. The first-order valence-corrected chi connectivity index (χ1v) is 1.92. The zero-order valence-corrected chi connectivity index (χ0v) is 3.87. The van der Waals surface area contributed by atoms with Crippen molar-refractivity contribution in [2.24, 2.45) is 0 Å². The lowest BCUT2D eigenvalue weighted by atomic mass is 10.7. The zero-order valence-electron chi connectivity index (χ0n) is 5.87. The smallest absolute Gasteiger partial charge is 0.0698 e. The molecule has 3 nitrogen and oxygen atoms in total. The molecule has 0 aromatic rings. The van der Waals surface area contributed by atoms with Crippen molar-refractivity contribution < 1.29 is 17.7 Å². The first-order valence-electron chi connectivity index (χ1n) is 3.08. The molecule has 0 aliphatic heterocycles. The lowest BCUT2D eigenvalue weighted by Crippen LogP contribution is -2.03. The molecule has 0 bridgehead atoms. The molecule has 0 aromatic heterocycles. The van der Waals surface area contributed by atoms with E-state index in [0.29, 0.717) is 0 Å². The molecule has 0 rings (SSSR count). The second-order valence-electron chi connectivity index (χ2n) is 0.835. The predicted octanol–water partition coefficient (Wildman–Crippen LogP) is -1.01. The van der Waals surface area contributed by atoms with Crippen molar-refractivity contribution >= 4 is 0 Å². The van der Waals surface area contributed by atoms with E-state index in [1.54, 1.807) is 0 Å². The summed E-state index contributed by atoms with van der Waals surface area (Å²) in [5, 5.41) is 16.4. The predicted molar refractivity (Wildman–Crippen MR) is 25.0 cm³/mol. The van der Waals surface area contributed by atoms with Gasteiger partial charge in [0.15, 0.2) is 0 Å². The van der Waals surface area contributed by atoms with Crippen molar-refractivity contribution in [1.82, 2.24) is 0 Å². The van der Waals surface area contributed by atoms with Gasteiger partial charge in [-0.15, -0.1) is 0 Å². The van der Waals surface area contributed by atoms with Gasteiger partial charge in [0.05, 0.1) is 29.1 Å². The molecule has 0 radical (unpaired) electrons. The van der Waals surface area contributed by atoms with E-state index in [1.807, 2.05) is 0 Å². The minimum atomic E-state index is -1.11. The Bertz CT molecular complexity index is 62.8. The van der Waals surface area contributed by atoms with Crippen LogP contribution in [0.15, 0.2) is 0 Å². The molecule has 0 saturated heterocycles. The number of hydrogen-bond acceptors (Lipinski definition) is 3. The van der Waals surface area contributed by atoms with Crippen LogP contribution < -0.4 is 0 Å². The van der Waals surface area contributed by atoms with E-state index in [9.17, 15) is 0 Å². The normalized spacial score (nSPS) is 22.6. The van der Waals surface area contributed by atoms with E-state index in [-0.39, 0.29) is 0 Å². The molecular formula is C4H10O3. The third kappa shape index (κ3) is 5.88. The first-order chi connectivity index (χ1) is 4.20. The lowest BCUT2D eigenvalue weighted by Gasteiger charge is -1.94. The highest BCUT2D eigenvalue weighted by atomic mass is 16.5. The van der Waals surface area contributed by atoms with Crippen LogP contribution in [-0.4, -0.2) is 36.6 Å². The third-order valence-electron chi connectivity index (χ3n) is 0.342. The van der Waals surface area contributed by atoms with Crippen LogP contribution in [0.3, 0.4) is 0 Å². The van der Waals surface area contributed by atoms with Crippen LogP contribution in [0, 0.1) is 0 Å². The summed E-state index contributed by atoms with van der Waals surface area (Å²) in [6.07, 6.45) is 0. The summed E-state index contributed by atoms with van der Waals surface area (Å²) in [5.41, 5.74) is 0. The summed E-state index contributed by atoms with van der Waals surface area (Å²) in [4.78, 5) is 0. The SMILES string of the molecule is [2H]C(CO)OC([2H])CO. The second kappa shape index (κ2) is 5.88. The molecule has 0 aliphatic rings. The van der Waals surface area contributed by atoms with Gasteiger partial charge in [-0.2, -0.15) is 0 Å². The molecular weight excluding hydrogens is 96.0 g/mol. The highest BCUT2D eigenvalue weighted by Gasteiger charge is 1.79. The first kappa shape index (κ1) is 3.83. The van der Waals surface area contributed by atoms with E-state index in [2.05, 4.69) is 4.74 Å². The van der Waals surface area contributed by atoms with Crippen molar-refractivity contribution in [1.29, 1.82) is 0 Å². The Morgan fingerprint density at radius 2 is 1.71 bits per heavy atom. The lowest BCUT2D eigenvalue weighted by molar-refractivity contribution is 0.0650. The monoisotopic (exact) mass is 108 g/mol. The van der Waals surface area contributed by atoms with E-state index < -0.39 is 26.4 Å². The summed E-state index contributed by atoms with van der Waals surface area (Å²) < 4.78 is 17.9. The van der Waals surface area contributed by atoms with Gasteiger partial charge >= 0.3 is 0 Å². The minimum Gasteiger partial charge on any atom is -0.394 e.